The van der Waals surface area contributed by atoms with Gasteiger partial charge in [-0.3, -0.25) is 4.79 Å². The second-order valence-electron chi connectivity index (χ2n) is 7.46. The molecular formula is C23H24F2N2O5. The lowest BCUT2D eigenvalue weighted by atomic mass is 9.98. The molecule has 0 radical (unpaired) electrons. The Morgan fingerprint density at radius 1 is 0.969 bits per heavy atom. The topological polar surface area (TPSA) is 105 Å². The molecule has 0 aliphatic heterocycles. The number of alkyl carbamates (subject to hydrolysis) is 1. The molecule has 2 atom stereocenters. The fourth-order valence-electron chi connectivity index (χ4n) is 3.80. The van der Waals surface area contributed by atoms with Crippen molar-refractivity contribution in [3.05, 3.63) is 59.7 Å². The van der Waals surface area contributed by atoms with Crippen LogP contribution in [0.15, 0.2) is 48.5 Å². The van der Waals surface area contributed by atoms with E-state index in [9.17, 15) is 23.2 Å². The van der Waals surface area contributed by atoms with Gasteiger partial charge in [0.25, 0.3) is 0 Å². The average Bonchev–Trinajstić information content (AvgIpc) is 3.08. The summed E-state index contributed by atoms with van der Waals surface area (Å²) < 4.78 is 31.2. The number of amides is 2. The van der Waals surface area contributed by atoms with Gasteiger partial charge in [0.2, 0.25) is 12.3 Å². The van der Waals surface area contributed by atoms with Gasteiger partial charge in [0.05, 0.1) is 0 Å². The van der Waals surface area contributed by atoms with Crippen LogP contribution in [0.5, 0.6) is 0 Å². The predicted molar refractivity (Wildman–Crippen MR) is 112 cm³/mol. The number of carboxylic acid groups (broad SMARTS) is 1. The van der Waals surface area contributed by atoms with Gasteiger partial charge in [-0.1, -0.05) is 55.5 Å². The van der Waals surface area contributed by atoms with Crippen molar-refractivity contribution in [3.63, 3.8) is 0 Å². The number of nitrogens with one attached hydrogen (secondary N) is 2. The fraction of sp³-hybridized carbons (Fsp3) is 0.348. The molecule has 32 heavy (non-hydrogen) atoms. The quantitative estimate of drug-likeness (QED) is 0.547. The van der Waals surface area contributed by atoms with Gasteiger partial charge in [-0.25, -0.2) is 18.4 Å². The summed E-state index contributed by atoms with van der Waals surface area (Å²) in [5.74, 6) is -2.53. The predicted octanol–water partition coefficient (Wildman–Crippen LogP) is 3.53. The van der Waals surface area contributed by atoms with Crippen molar-refractivity contribution in [2.75, 3.05) is 6.61 Å². The third-order valence-corrected chi connectivity index (χ3v) is 5.39. The number of fused-ring (bicyclic) bond motifs is 3. The van der Waals surface area contributed by atoms with Gasteiger partial charge in [0, 0.05) is 12.3 Å². The molecule has 1 aliphatic rings. The number of halogens is 2. The lowest BCUT2D eigenvalue weighted by molar-refractivity contribution is -0.142. The molecule has 7 nitrogen and oxygen atoms in total. The molecule has 0 aromatic heterocycles. The summed E-state index contributed by atoms with van der Waals surface area (Å²) in [5.41, 5.74) is 4.03. The first kappa shape index (κ1) is 23.2. The fourth-order valence-corrected chi connectivity index (χ4v) is 3.80. The van der Waals surface area contributed by atoms with Crippen LogP contribution in [0.3, 0.4) is 0 Å². The van der Waals surface area contributed by atoms with Crippen molar-refractivity contribution >= 4 is 18.0 Å². The molecule has 2 aromatic rings. The Hall–Kier alpha value is -3.49. The SMILES string of the molecule is CCC(NC(=O)C(CC(F)F)NC(=O)OCC1c2ccccc2-c2ccccc21)C(=O)O. The van der Waals surface area contributed by atoms with Gasteiger partial charge in [-0.15, -0.1) is 0 Å². The highest BCUT2D eigenvalue weighted by atomic mass is 19.3. The van der Waals surface area contributed by atoms with Gasteiger partial charge in [-0.2, -0.15) is 0 Å². The molecule has 0 spiro atoms. The van der Waals surface area contributed by atoms with Crippen LogP contribution in [0, 0.1) is 0 Å². The van der Waals surface area contributed by atoms with Crippen LogP contribution in [0.4, 0.5) is 13.6 Å². The highest BCUT2D eigenvalue weighted by Gasteiger charge is 2.31. The van der Waals surface area contributed by atoms with Crippen LogP contribution in [0.1, 0.15) is 36.8 Å². The van der Waals surface area contributed by atoms with Crippen LogP contribution >= 0.6 is 0 Å². The minimum atomic E-state index is -2.88. The molecule has 3 N–H and O–H groups in total. The van der Waals surface area contributed by atoms with E-state index in [-0.39, 0.29) is 18.9 Å². The maximum atomic E-state index is 12.9. The summed E-state index contributed by atoms with van der Waals surface area (Å²) in [7, 11) is 0. The summed E-state index contributed by atoms with van der Waals surface area (Å²) in [5, 5.41) is 13.4. The number of carboxylic acids is 1. The Balaban J connectivity index is 1.67. The zero-order chi connectivity index (χ0) is 23.3. The van der Waals surface area contributed by atoms with Gasteiger partial charge in [0.15, 0.2) is 0 Å². The van der Waals surface area contributed by atoms with E-state index in [1.807, 2.05) is 48.5 Å². The third-order valence-electron chi connectivity index (χ3n) is 5.39. The second kappa shape index (κ2) is 10.2. The Kier molecular flexibility index (Phi) is 7.40. The van der Waals surface area contributed by atoms with E-state index in [0.29, 0.717) is 0 Å². The highest BCUT2D eigenvalue weighted by Crippen LogP contribution is 2.44. The number of carbonyl (C=O) groups is 3. The van der Waals surface area contributed by atoms with E-state index in [1.54, 1.807) is 0 Å². The molecule has 0 heterocycles. The Labute approximate surface area is 183 Å². The second-order valence-corrected chi connectivity index (χ2v) is 7.46. The van der Waals surface area contributed by atoms with Crippen molar-refractivity contribution in [2.45, 2.75) is 44.2 Å². The molecule has 0 saturated heterocycles. The van der Waals surface area contributed by atoms with E-state index in [2.05, 4.69) is 10.6 Å². The molecule has 170 valence electrons. The molecular weight excluding hydrogens is 422 g/mol. The van der Waals surface area contributed by atoms with Crippen LogP contribution in [-0.4, -0.2) is 48.2 Å². The Morgan fingerprint density at radius 3 is 2.03 bits per heavy atom. The number of ether oxygens (including phenoxy) is 1. The first-order valence-electron chi connectivity index (χ1n) is 10.2. The molecule has 0 fully saturated rings. The summed E-state index contributed by atoms with van der Waals surface area (Å²) in [6.07, 6.45) is -4.82. The Morgan fingerprint density at radius 2 is 1.53 bits per heavy atom. The molecule has 2 unspecified atom stereocenters. The number of carbonyl (C=O) groups excluding carboxylic acids is 2. The van der Waals surface area contributed by atoms with Crippen LogP contribution in [-0.2, 0) is 14.3 Å². The van der Waals surface area contributed by atoms with E-state index >= 15 is 0 Å². The lowest BCUT2D eigenvalue weighted by Gasteiger charge is -2.21. The van der Waals surface area contributed by atoms with Crippen LogP contribution < -0.4 is 10.6 Å². The number of hydrogen-bond acceptors (Lipinski definition) is 4. The number of rotatable bonds is 9. The van der Waals surface area contributed by atoms with Crippen LogP contribution in [0.25, 0.3) is 11.1 Å². The summed E-state index contributed by atoms with van der Waals surface area (Å²) in [6, 6.07) is 12.6. The number of aliphatic carboxylic acids is 1. The zero-order valence-electron chi connectivity index (χ0n) is 17.4. The third kappa shape index (κ3) is 5.22. The largest absolute Gasteiger partial charge is 0.480 e. The van der Waals surface area contributed by atoms with Crippen molar-refractivity contribution in [2.24, 2.45) is 0 Å². The van der Waals surface area contributed by atoms with Gasteiger partial charge in [0.1, 0.15) is 18.7 Å². The van der Waals surface area contributed by atoms with Crippen molar-refractivity contribution in [1.29, 1.82) is 0 Å². The molecule has 0 saturated carbocycles. The lowest BCUT2D eigenvalue weighted by Crippen LogP contribution is -2.52. The monoisotopic (exact) mass is 446 g/mol. The van der Waals surface area contributed by atoms with E-state index in [0.717, 1.165) is 22.3 Å². The van der Waals surface area contributed by atoms with Gasteiger partial charge < -0.3 is 20.5 Å². The van der Waals surface area contributed by atoms with E-state index in [4.69, 9.17) is 9.84 Å². The smallest absolute Gasteiger partial charge is 0.407 e. The maximum absolute atomic E-state index is 12.9. The average molecular weight is 446 g/mol. The number of hydrogen-bond donors (Lipinski definition) is 3. The van der Waals surface area contributed by atoms with E-state index < -0.39 is 42.9 Å². The van der Waals surface area contributed by atoms with Crippen molar-refractivity contribution in [3.8, 4) is 11.1 Å². The first-order chi connectivity index (χ1) is 15.3. The Bertz CT molecular complexity index is 952. The van der Waals surface area contributed by atoms with Gasteiger partial charge in [-0.05, 0) is 28.7 Å². The standard InChI is InChI=1S/C23H24F2N2O5/c1-2-18(22(29)30)26-21(28)19(11-20(24)25)27-23(31)32-12-17-15-9-5-3-7-13(15)14-8-4-6-10-16(14)17/h3-10,17-20H,2,11-12H2,1H3,(H,26,28)(H,27,31)(H,29,30). The summed E-state index contributed by atoms with van der Waals surface area (Å²) >= 11 is 0. The minimum Gasteiger partial charge on any atom is -0.480 e. The number of benzene rings is 2. The molecule has 1 aliphatic carbocycles. The van der Waals surface area contributed by atoms with Crippen molar-refractivity contribution < 1.29 is 33.0 Å². The summed E-state index contributed by atoms with van der Waals surface area (Å²) in [4.78, 5) is 35.7. The minimum absolute atomic E-state index is 0.0460. The molecule has 3 rings (SSSR count). The first-order valence-corrected chi connectivity index (χ1v) is 10.2. The maximum Gasteiger partial charge on any atom is 0.407 e. The molecule has 2 amide bonds. The molecule has 9 heteroatoms. The van der Waals surface area contributed by atoms with Gasteiger partial charge >= 0.3 is 12.1 Å². The highest BCUT2D eigenvalue weighted by molar-refractivity contribution is 5.89. The molecule has 2 aromatic carbocycles. The van der Waals surface area contributed by atoms with E-state index in [1.165, 1.54) is 6.92 Å². The normalized spacial score (nSPS) is 14.2. The summed E-state index contributed by atoms with van der Waals surface area (Å²) in [6.45, 7) is 1.48. The molecule has 0 bridgehead atoms. The zero-order valence-corrected chi connectivity index (χ0v) is 17.4. The van der Waals surface area contributed by atoms with Crippen LogP contribution in [0.2, 0.25) is 0 Å². The van der Waals surface area contributed by atoms with Crippen molar-refractivity contribution in [1.82, 2.24) is 10.6 Å². The number of alkyl halides is 2.